The van der Waals surface area contributed by atoms with Crippen molar-refractivity contribution in [1.82, 2.24) is 0 Å². The predicted octanol–water partition coefficient (Wildman–Crippen LogP) is 6.32. The molecule has 0 atom stereocenters. The maximum absolute atomic E-state index is 4.93. The van der Waals surface area contributed by atoms with Crippen molar-refractivity contribution >= 4 is 17.0 Å². The summed E-state index contributed by atoms with van der Waals surface area (Å²) in [5.74, 6) is 9.67. The van der Waals surface area contributed by atoms with Crippen molar-refractivity contribution in [3.63, 3.8) is 0 Å². The van der Waals surface area contributed by atoms with Crippen LogP contribution in [0.5, 0.6) is 0 Å². The molecule has 2 saturated carbocycles. The van der Waals surface area contributed by atoms with Crippen molar-refractivity contribution < 1.29 is 20.8 Å². The summed E-state index contributed by atoms with van der Waals surface area (Å²) in [6.07, 6.45) is 24.4. The molecule has 10 radical (unpaired) electrons. The van der Waals surface area contributed by atoms with Crippen LogP contribution >= 0.6 is 17.0 Å². The van der Waals surface area contributed by atoms with Gasteiger partial charge in [0.25, 0.3) is 0 Å². The zero-order chi connectivity index (χ0) is 18.0. The molecule has 0 heterocycles. The molecule has 0 aromatic carbocycles. The molecule has 25 heavy (non-hydrogen) atoms. The normalized spacial score (nSPS) is 25.8. The van der Waals surface area contributed by atoms with E-state index in [0.717, 1.165) is 0 Å². The number of hydrogen-bond donors (Lipinski definition) is 0. The zero-order valence-electron chi connectivity index (χ0n) is 14.6. The molecule has 3 heteroatoms. The van der Waals surface area contributed by atoms with Crippen molar-refractivity contribution in [1.29, 1.82) is 0 Å². The van der Waals surface area contributed by atoms with Crippen LogP contribution in [0.2, 0.25) is 0 Å². The van der Waals surface area contributed by atoms with Gasteiger partial charge in [-0.15, -0.1) is 0 Å². The van der Waals surface area contributed by atoms with E-state index in [1.165, 1.54) is 41.4 Å². The van der Waals surface area contributed by atoms with Gasteiger partial charge in [0.15, 0.2) is 0 Å². The van der Waals surface area contributed by atoms with E-state index < -0.39 is 20.8 Å². The fraction of sp³-hybridized carbons (Fsp3) is 0.182. The fourth-order valence-corrected chi connectivity index (χ4v) is 3.79. The third kappa shape index (κ3) is 4.00. The molecule has 0 amide bonds. The van der Waals surface area contributed by atoms with E-state index in [2.05, 4.69) is 88.6 Å². The van der Waals surface area contributed by atoms with Gasteiger partial charge in [-0.05, 0) is 36.5 Å². The van der Waals surface area contributed by atoms with Crippen LogP contribution < -0.4 is 0 Å². The third-order valence-electron chi connectivity index (χ3n) is 4.94. The molecular formula is C22H20Cl2Zr+2. The van der Waals surface area contributed by atoms with E-state index in [9.17, 15) is 0 Å². The van der Waals surface area contributed by atoms with Crippen molar-refractivity contribution in [2.75, 3.05) is 0 Å². The Hall–Kier alpha value is 0.423. The summed E-state index contributed by atoms with van der Waals surface area (Å²) >= 11 is -0.826. The van der Waals surface area contributed by atoms with Crippen LogP contribution in [-0.4, -0.2) is 0 Å². The van der Waals surface area contributed by atoms with E-state index in [1.807, 2.05) is 0 Å². The Morgan fingerprint density at radius 3 is 1.60 bits per heavy atom. The molecule has 124 valence electrons. The molecule has 0 spiro atoms. The zero-order valence-corrected chi connectivity index (χ0v) is 18.6. The maximum atomic E-state index is 4.93. The quantitative estimate of drug-likeness (QED) is 0.466. The molecule has 0 unspecified atom stereocenters. The topological polar surface area (TPSA) is 0 Å². The summed E-state index contributed by atoms with van der Waals surface area (Å²) in [6, 6.07) is 0. The van der Waals surface area contributed by atoms with Crippen LogP contribution in [0.1, 0.15) is 20.8 Å². The Morgan fingerprint density at radius 1 is 0.760 bits per heavy atom. The Balaban J connectivity index is 0.000000569. The van der Waals surface area contributed by atoms with Gasteiger partial charge >= 0.3 is 37.9 Å². The van der Waals surface area contributed by atoms with Crippen LogP contribution in [0.25, 0.3) is 0 Å². The van der Waals surface area contributed by atoms with Gasteiger partial charge in [0.1, 0.15) is 0 Å². The van der Waals surface area contributed by atoms with Gasteiger partial charge < -0.3 is 0 Å². The molecule has 0 N–H and O–H groups in total. The molecule has 4 rings (SSSR count). The third-order valence-corrected chi connectivity index (χ3v) is 4.94. The number of fused-ring (bicyclic) bond motifs is 3. The van der Waals surface area contributed by atoms with Crippen LogP contribution in [0.4, 0.5) is 0 Å². The number of rotatable bonds is 2. The van der Waals surface area contributed by atoms with E-state index >= 15 is 0 Å². The van der Waals surface area contributed by atoms with Crippen LogP contribution in [-0.2, 0) is 20.8 Å². The van der Waals surface area contributed by atoms with Gasteiger partial charge in [-0.3, -0.25) is 0 Å². The minimum absolute atomic E-state index is 0.00301. The number of hydrogen-bond acceptors (Lipinski definition) is 0. The fourth-order valence-electron chi connectivity index (χ4n) is 3.79. The van der Waals surface area contributed by atoms with E-state index in [4.69, 9.17) is 17.0 Å². The molecule has 0 nitrogen and oxygen atoms in total. The standard InChI is InChI=1S/C22H20.2ClH.Zr/c1-15-12-13-16(14-15)22(2,3)21-19-10-6-4-8-17(19)18-9-5-7-11-20(18)21;;;/h4-14H,1-3H3;2*1H;/q;;;+4/p-2. The van der Waals surface area contributed by atoms with E-state index in [0.29, 0.717) is 0 Å². The van der Waals surface area contributed by atoms with Gasteiger partial charge in [-0.25, -0.2) is 0 Å². The molecule has 4 aliphatic rings. The first-order valence-corrected chi connectivity index (χ1v) is 14.6. The van der Waals surface area contributed by atoms with E-state index in [-0.39, 0.29) is 5.41 Å². The first-order valence-electron chi connectivity index (χ1n) is 8.27. The van der Waals surface area contributed by atoms with Gasteiger partial charge in [-0.1, -0.05) is 69.4 Å². The van der Waals surface area contributed by atoms with Gasteiger partial charge in [0, 0.05) is 29.6 Å². The summed E-state index contributed by atoms with van der Waals surface area (Å²) in [5.41, 5.74) is -0.00301. The first-order chi connectivity index (χ1) is 12.0. The summed E-state index contributed by atoms with van der Waals surface area (Å²) in [4.78, 5) is 0. The molecule has 0 aliphatic heterocycles. The second kappa shape index (κ2) is 8.62. The van der Waals surface area contributed by atoms with Gasteiger partial charge in [-0.2, -0.15) is 0 Å². The minimum atomic E-state index is -0.826. The average molecular weight is 447 g/mol. The molecule has 0 bridgehead atoms. The molecule has 0 aromatic heterocycles. The average Bonchev–Trinajstić information content (AvgIpc) is 3.18. The Labute approximate surface area is 172 Å². The second-order valence-electron chi connectivity index (χ2n) is 6.84. The van der Waals surface area contributed by atoms with Gasteiger partial charge in [0.05, 0.1) is 0 Å². The monoisotopic (exact) mass is 444 g/mol. The second-order valence-corrected chi connectivity index (χ2v) is 10.6. The molecule has 2 fully saturated rings. The van der Waals surface area contributed by atoms with Crippen LogP contribution in [0, 0.1) is 66.1 Å². The number of halogens is 2. The summed E-state index contributed by atoms with van der Waals surface area (Å²) < 4.78 is 0. The predicted molar refractivity (Wildman–Crippen MR) is 103 cm³/mol. The Morgan fingerprint density at radius 2 is 1.20 bits per heavy atom. The van der Waals surface area contributed by atoms with Crippen LogP contribution in [0.15, 0.2) is 48.6 Å². The van der Waals surface area contributed by atoms with Crippen molar-refractivity contribution in [2.24, 2.45) is 5.41 Å². The SMILES string of the molecule is C[C]1[CH][CH][C](C(C)(C)[C]2[C]3C=CC=C[C]3[C]3C=CC=C[C]32)[CH]1.[Cl][Zr+2][Cl]. The van der Waals surface area contributed by atoms with E-state index in [1.54, 1.807) is 0 Å². The molecule has 0 saturated heterocycles. The first kappa shape index (κ1) is 20.2. The summed E-state index contributed by atoms with van der Waals surface area (Å²) in [7, 11) is 9.87. The summed E-state index contributed by atoms with van der Waals surface area (Å²) in [5, 5.41) is 0. The van der Waals surface area contributed by atoms with Crippen molar-refractivity contribution in [3.8, 4) is 0 Å². The van der Waals surface area contributed by atoms with Crippen LogP contribution in [0.3, 0.4) is 0 Å². The van der Waals surface area contributed by atoms with Crippen molar-refractivity contribution in [3.05, 3.63) is 109 Å². The molecule has 0 aromatic rings. The Kier molecular flexibility index (Phi) is 6.95. The van der Waals surface area contributed by atoms with Gasteiger partial charge in [0.2, 0.25) is 0 Å². The molecule has 4 aliphatic carbocycles. The van der Waals surface area contributed by atoms with Crippen molar-refractivity contribution in [2.45, 2.75) is 20.8 Å². The summed E-state index contributed by atoms with van der Waals surface area (Å²) in [6.45, 7) is 6.85. The molecular weight excluding hydrogens is 426 g/mol. The number of allylic oxidation sites excluding steroid dienone is 8. The Bertz CT molecular complexity index is 541.